The van der Waals surface area contributed by atoms with E-state index in [9.17, 15) is 9.90 Å². The van der Waals surface area contributed by atoms with E-state index in [1.54, 1.807) is 0 Å². The molecule has 1 aromatic carbocycles. The second-order valence-corrected chi connectivity index (χ2v) is 5.11. The van der Waals surface area contributed by atoms with Crippen LogP contribution in [0.25, 0.3) is 0 Å². The van der Waals surface area contributed by atoms with E-state index in [-0.39, 0.29) is 17.9 Å². The lowest BCUT2D eigenvalue weighted by atomic mass is 9.82. The van der Waals surface area contributed by atoms with Gasteiger partial charge in [-0.3, -0.25) is 4.79 Å². The van der Waals surface area contributed by atoms with Crippen LogP contribution in [-0.4, -0.2) is 23.7 Å². The van der Waals surface area contributed by atoms with Crippen LogP contribution in [0.5, 0.6) is 0 Å². The molecule has 1 atom stereocenters. The Morgan fingerprint density at radius 3 is 2.61 bits per heavy atom. The molecular formula is C15H21NO2. The van der Waals surface area contributed by atoms with Crippen LogP contribution < -0.4 is 5.32 Å². The number of rotatable bonds is 5. The number of aliphatic hydroxyl groups is 1. The monoisotopic (exact) mass is 247 g/mol. The molecular weight excluding hydrogens is 226 g/mol. The minimum absolute atomic E-state index is 0.0591. The van der Waals surface area contributed by atoms with Crippen molar-refractivity contribution in [1.29, 1.82) is 0 Å². The van der Waals surface area contributed by atoms with Crippen molar-refractivity contribution < 1.29 is 9.90 Å². The molecule has 0 radical (unpaired) electrons. The van der Waals surface area contributed by atoms with E-state index in [0.29, 0.717) is 12.5 Å². The molecule has 1 saturated carbocycles. The minimum Gasteiger partial charge on any atom is -0.393 e. The average molecular weight is 247 g/mol. The van der Waals surface area contributed by atoms with Crippen LogP contribution in [-0.2, 0) is 4.79 Å². The highest BCUT2D eigenvalue weighted by Gasteiger charge is 2.28. The van der Waals surface area contributed by atoms with E-state index >= 15 is 0 Å². The van der Waals surface area contributed by atoms with Gasteiger partial charge in [0.1, 0.15) is 0 Å². The van der Waals surface area contributed by atoms with Gasteiger partial charge < -0.3 is 10.4 Å². The van der Waals surface area contributed by atoms with Crippen molar-refractivity contribution in [3.63, 3.8) is 0 Å². The zero-order chi connectivity index (χ0) is 13.0. The first-order chi connectivity index (χ1) is 8.70. The molecule has 2 rings (SSSR count). The summed E-state index contributed by atoms with van der Waals surface area (Å²) >= 11 is 0. The van der Waals surface area contributed by atoms with Crippen LogP contribution in [0.3, 0.4) is 0 Å². The van der Waals surface area contributed by atoms with Crippen LogP contribution in [0.2, 0.25) is 0 Å². The molecule has 1 fully saturated rings. The van der Waals surface area contributed by atoms with Crippen molar-refractivity contribution in [2.75, 3.05) is 6.54 Å². The van der Waals surface area contributed by atoms with Crippen molar-refractivity contribution in [3.05, 3.63) is 35.9 Å². The van der Waals surface area contributed by atoms with Crippen LogP contribution in [0.4, 0.5) is 0 Å². The third-order valence-electron chi connectivity index (χ3n) is 3.70. The van der Waals surface area contributed by atoms with Crippen molar-refractivity contribution in [1.82, 2.24) is 5.32 Å². The molecule has 98 valence electrons. The van der Waals surface area contributed by atoms with Crippen molar-refractivity contribution in [2.45, 2.75) is 38.2 Å². The number of carbonyl (C=O) groups excluding carboxylic acids is 1. The largest absolute Gasteiger partial charge is 0.393 e. The second kappa shape index (κ2) is 6.01. The molecule has 0 bridgehead atoms. The Hall–Kier alpha value is -1.35. The molecule has 0 saturated heterocycles. The molecule has 0 aromatic heterocycles. The van der Waals surface area contributed by atoms with Gasteiger partial charge in [-0.1, -0.05) is 37.3 Å². The van der Waals surface area contributed by atoms with Gasteiger partial charge >= 0.3 is 0 Å². The molecule has 18 heavy (non-hydrogen) atoms. The third-order valence-corrected chi connectivity index (χ3v) is 3.70. The van der Waals surface area contributed by atoms with Gasteiger partial charge in [-0.05, 0) is 30.7 Å². The average Bonchev–Trinajstić information content (AvgIpc) is 2.35. The second-order valence-electron chi connectivity index (χ2n) is 5.11. The summed E-state index contributed by atoms with van der Waals surface area (Å²) in [6.07, 6.45) is 2.30. The highest BCUT2D eigenvalue weighted by molar-refractivity contribution is 5.83. The molecule has 1 amide bonds. The molecule has 0 spiro atoms. The first kappa shape index (κ1) is 13.1. The Morgan fingerprint density at radius 2 is 2.06 bits per heavy atom. The number of aliphatic hydroxyl groups excluding tert-OH is 1. The molecule has 2 N–H and O–H groups in total. The number of carbonyl (C=O) groups is 1. The summed E-state index contributed by atoms with van der Waals surface area (Å²) in [5.41, 5.74) is 1.08. The maximum absolute atomic E-state index is 12.1. The number of nitrogens with one attached hydrogen (secondary N) is 1. The number of amides is 1. The molecule has 1 aromatic rings. The number of hydrogen-bond donors (Lipinski definition) is 2. The standard InChI is InChI=1S/C15H21NO2/c1-2-14(12-6-4-3-5-7-12)15(18)16-10-11-8-13(17)9-11/h3-7,11,13-14,17H,2,8-10H2,1H3,(H,16,18). The molecule has 3 nitrogen and oxygen atoms in total. The lowest BCUT2D eigenvalue weighted by molar-refractivity contribution is -0.123. The normalized spacial score (nSPS) is 24.1. The number of hydrogen-bond acceptors (Lipinski definition) is 2. The van der Waals surface area contributed by atoms with Gasteiger partial charge in [0, 0.05) is 6.54 Å². The molecule has 0 heterocycles. The summed E-state index contributed by atoms with van der Waals surface area (Å²) in [4.78, 5) is 12.1. The van der Waals surface area contributed by atoms with Crippen LogP contribution >= 0.6 is 0 Å². The van der Waals surface area contributed by atoms with Crippen molar-refractivity contribution in [2.24, 2.45) is 5.92 Å². The highest BCUT2D eigenvalue weighted by atomic mass is 16.3. The summed E-state index contributed by atoms with van der Waals surface area (Å²) < 4.78 is 0. The van der Waals surface area contributed by atoms with E-state index in [4.69, 9.17) is 0 Å². The Bertz CT molecular complexity index is 385. The van der Waals surface area contributed by atoms with E-state index in [1.165, 1.54) is 0 Å². The fourth-order valence-electron chi connectivity index (χ4n) is 2.49. The van der Waals surface area contributed by atoms with E-state index in [2.05, 4.69) is 5.32 Å². The Labute approximate surface area is 108 Å². The molecule has 1 aliphatic rings. The summed E-state index contributed by atoms with van der Waals surface area (Å²) in [5, 5.41) is 12.2. The van der Waals surface area contributed by atoms with Crippen LogP contribution in [0, 0.1) is 5.92 Å². The fraction of sp³-hybridized carbons (Fsp3) is 0.533. The van der Waals surface area contributed by atoms with Gasteiger partial charge in [0.15, 0.2) is 0 Å². The van der Waals surface area contributed by atoms with Crippen LogP contribution in [0.1, 0.15) is 37.7 Å². The smallest absolute Gasteiger partial charge is 0.227 e. The molecule has 1 aliphatic carbocycles. The maximum Gasteiger partial charge on any atom is 0.227 e. The summed E-state index contributed by atoms with van der Waals surface area (Å²) in [7, 11) is 0. The van der Waals surface area contributed by atoms with Gasteiger partial charge in [-0.15, -0.1) is 0 Å². The third kappa shape index (κ3) is 3.10. The summed E-state index contributed by atoms with van der Waals surface area (Å²) in [6.45, 7) is 2.73. The lowest BCUT2D eigenvalue weighted by Gasteiger charge is -2.31. The van der Waals surface area contributed by atoms with Crippen LogP contribution in [0.15, 0.2) is 30.3 Å². The zero-order valence-corrected chi connectivity index (χ0v) is 10.8. The van der Waals surface area contributed by atoms with E-state index in [1.807, 2.05) is 37.3 Å². The van der Waals surface area contributed by atoms with Gasteiger partial charge in [0.2, 0.25) is 5.91 Å². The molecule has 0 aliphatic heterocycles. The van der Waals surface area contributed by atoms with Gasteiger partial charge in [0.05, 0.1) is 12.0 Å². The predicted molar refractivity (Wildman–Crippen MR) is 71.2 cm³/mol. The Balaban J connectivity index is 1.86. The molecule has 3 heteroatoms. The lowest BCUT2D eigenvalue weighted by Crippen LogP contribution is -2.40. The fourth-order valence-corrected chi connectivity index (χ4v) is 2.49. The van der Waals surface area contributed by atoms with Gasteiger partial charge in [-0.2, -0.15) is 0 Å². The van der Waals surface area contributed by atoms with Gasteiger partial charge in [0.25, 0.3) is 0 Å². The minimum atomic E-state index is -0.150. The predicted octanol–water partition coefficient (Wildman–Crippen LogP) is 2.07. The summed E-state index contributed by atoms with van der Waals surface area (Å²) in [6, 6.07) is 9.90. The topological polar surface area (TPSA) is 49.3 Å². The quantitative estimate of drug-likeness (QED) is 0.837. The number of benzene rings is 1. The SMILES string of the molecule is CCC(C(=O)NCC1CC(O)C1)c1ccccc1. The first-order valence-electron chi connectivity index (χ1n) is 6.71. The summed E-state index contributed by atoms with van der Waals surface area (Å²) in [5.74, 6) is 0.499. The zero-order valence-electron chi connectivity index (χ0n) is 10.8. The van der Waals surface area contributed by atoms with Crippen molar-refractivity contribution in [3.8, 4) is 0 Å². The van der Waals surface area contributed by atoms with Crippen molar-refractivity contribution >= 4 is 5.91 Å². The molecule has 1 unspecified atom stereocenters. The first-order valence-corrected chi connectivity index (χ1v) is 6.71. The van der Waals surface area contributed by atoms with E-state index < -0.39 is 0 Å². The highest BCUT2D eigenvalue weighted by Crippen LogP contribution is 2.26. The Kier molecular flexibility index (Phi) is 4.37. The Morgan fingerprint density at radius 1 is 1.39 bits per heavy atom. The van der Waals surface area contributed by atoms with Gasteiger partial charge in [-0.25, -0.2) is 0 Å². The van der Waals surface area contributed by atoms with E-state index in [0.717, 1.165) is 24.8 Å². The maximum atomic E-state index is 12.1.